The van der Waals surface area contributed by atoms with Crippen molar-refractivity contribution in [1.29, 1.82) is 0 Å². The van der Waals surface area contributed by atoms with Crippen LogP contribution in [0.2, 0.25) is 0 Å². The molecule has 108 valence electrons. The van der Waals surface area contributed by atoms with Gasteiger partial charge in [0, 0.05) is 12.6 Å². The number of rotatable bonds is 8. The molecule has 1 aliphatic carbocycles. The SMILES string of the molecule is CCCCOCCOC1CC(C(C)C)CCC1N. The summed E-state index contributed by atoms with van der Waals surface area (Å²) in [5.74, 6) is 1.51. The predicted octanol–water partition coefficient (Wildman–Crippen LogP) is 2.97. The summed E-state index contributed by atoms with van der Waals surface area (Å²) in [6.45, 7) is 9.01. The lowest BCUT2D eigenvalue weighted by Gasteiger charge is -2.35. The Morgan fingerprint density at radius 2 is 1.94 bits per heavy atom. The Morgan fingerprint density at radius 3 is 2.61 bits per heavy atom. The molecular weight excluding hydrogens is 226 g/mol. The van der Waals surface area contributed by atoms with E-state index < -0.39 is 0 Å². The Morgan fingerprint density at radius 1 is 1.17 bits per heavy atom. The highest BCUT2D eigenvalue weighted by Crippen LogP contribution is 2.30. The quantitative estimate of drug-likeness (QED) is 0.680. The van der Waals surface area contributed by atoms with Gasteiger partial charge in [0.1, 0.15) is 0 Å². The molecule has 0 radical (unpaired) electrons. The van der Waals surface area contributed by atoms with Gasteiger partial charge in [-0.1, -0.05) is 27.2 Å². The summed E-state index contributed by atoms with van der Waals surface area (Å²) in [4.78, 5) is 0. The van der Waals surface area contributed by atoms with Crippen molar-refractivity contribution in [3.05, 3.63) is 0 Å². The van der Waals surface area contributed by atoms with Gasteiger partial charge in [0.25, 0.3) is 0 Å². The van der Waals surface area contributed by atoms with Crippen molar-refractivity contribution in [1.82, 2.24) is 0 Å². The third-order valence-electron chi connectivity index (χ3n) is 4.03. The highest BCUT2D eigenvalue weighted by Gasteiger charge is 2.30. The lowest BCUT2D eigenvalue weighted by molar-refractivity contribution is -0.0338. The number of unbranched alkanes of at least 4 members (excludes halogenated alkanes) is 1. The van der Waals surface area contributed by atoms with Gasteiger partial charge in [-0.2, -0.15) is 0 Å². The van der Waals surface area contributed by atoms with Crippen LogP contribution in [0.25, 0.3) is 0 Å². The Labute approximate surface area is 112 Å². The van der Waals surface area contributed by atoms with E-state index in [1.165, 1.54) is 12.8 Å². The average molecular weight is 257 g/mol. The molecule has 0 spiro atoms. The molecule has 1 saturated carbocycles. The molecule has 1 rings (SSSR count). The second kappa shape index (κ2) is 8.89. The molecule has 3 heteroatoms. The zero-order valence-corrected chi connectivity index (χ0v) is 12.4. The lowest BCUT2D eigenvalue weighted by atomic mass is 9.78. The molecule has 0 aromatic heterocycles. The maximum Gasteiger partial charge on any atom is 0.0729 e. The van der Waals surface area contributed by atoms with Crippen LogP contribution in [-0.4, -0.2) is 32.0 Å². The molecule has 3 unspecified atom stereocenters. The predicted molar refractivity (Wildman–Crippen MR) is 75.6 cm³/mol. The second-order valence-corrected chi connectivity index (χ2v) is 5.86. The van der Waals surface area contributed by atoms with E-state index in [4.69, 9.17) is 15.2 Å². The fourth-order valence-corrected chi connectivity index (χ4v) is 2.59. The minimum atomic E-state index is 0.218. The Bertz CT molecular complexity index is 209. The maximum absolute atomic E-state index is 6.14. The fourth-order valence-electron chi connectivity index (χ4n) is 2.59. The monoisotopic (exact) mass is 257 g/mol. The molecule has 1 fully saturated rings. The van der Waals surface area contributed by atoms with Gasteiger partial charge in [0.15, 0.2) is 0 Å². The molecule has 3 nitrogen and oxygen atoms in total. The van der Waals surface area contributed by atoms with E-state index in [0.29, 0.717) is 13.2 Å². The summed E-state index contributed by atoms with van der Waals surface area (Å²) in [6.07, 6.45) is 6.04. The van der Waals surface area contributed by atoms with Crippen molar-refractivity contribution in [3.8, 4) is 0 Å². The molecule has 0 saturated heterocycles. The minimum absolute atomic E-state index is 0.218. The Kier molecular flexibility index (Phi) is 7.87. The first-order valence-electron chi connectivity index (χ1n) is 7.60. The van der Waals surface area contributed by atoms with E-state index in [0.717, 1.165) is 37.7 Å². The summed E-state index contributed by atoms with van der Waals surface area (Å²) in [7, 11) is 0. The summed E-state index contributed by atoms with van der Waals surface area (Å²) >= 11 is 0. The van der Waals surface area contributed by atoms with Crippen LogP contribution in [0.1, 0.15) is 52.9 Å². The van der Waals surface area contributed by atoms with E-state index >= 15 is 0 Å². The number of hydrogen-bond acceptors (Lipinski definition) is 3. The van der Waals surface area contributed by atoms with Crippen molar-refractivity contribution in [2.75, 3.05) is 19.8 Å². The number of hydrogen-bond donors (Lipinski definition) is 1. The van der Waals surface area contributed by atoms with Gasteiger partial charge >= 0.3 is 0 Å². The average Bonchev–Trinajstić information content (AvgIpc) is 2.35. The zero-order chi connectivity index (χ0) is 13.4. The van der Waals surface area contributed by atoms with Gasteiger partial charge in [-0.3, -0.25) is 0 Å². The van der Waals surface area contributed by atoms with Crippen molar-refractivity contribution < 1.29 is 9.47 Å². The molecule has 0 bridgehead atoms. The van der Waals surface area contributed by atoms with Crippen LogP contribution < -0.4 is 5.73 Å². The van der Waals surface area contributed by atoms with Crippen molar-refractivity contribution in [3.63, 3.8) is 0 Å². The highest BCUT2D eigenvalue weighted by molar-refractivity contribution is 4.84. The van der Waals surface area contributed by atoms with Gasteiger partial charge < -0.3 is 15.2 Å². The van der Waals surface area contributed by atoms with Gasteiger partial charge in [-0.25, -0.2) is 0 Å². The molecular formula is C15H31NO2. The molecule has 0 heterocycles. The smallest absolute Gasteiger partial charge is 0.0729 e. The standard InChI is InChI=1S/C15H31NO2/c1-4-5-8-17-9-10-18-15-11-13(12(2)3)6-7-14(15)16/h12-15H,4-11,16H2,1-3H3. The van der Waals surface area contributed by atoms with Gasteiger partial charge in [0.2, 0.25) is 0 Å². The minimum Gasteiger partial charge on any atom is -0.379 e. The fraction of sp³-hybridized carbons (Fsp3) is 1.00. The van der Waals surface area contributed by atoms with Gasteiger partial charge in [-0.05, 0) is 37.5 Å². The van der Waals surface area contributed by atoms with E-state index in [1.807, 2.05) is 0 Å². The van der Waals surface area contributed by atoms with Gasteiger partial charge in [0.05, 0.1) is 19.3 Å². The molecule has 0 aromatic carbocycles. The van der Waals surface area contributed by atoms with Crippen LogP contribution in [0.15, 0.2) is 0 Å². The lowest BCUT2D eigenvalue weighted by Crippen LogP contribution is -2.43. The molecule has 0 aromatic rings. The summed E-state index contributed by atoms with van der Waals surface area (Å²) in [5, 5.41) is 0. The number of nitrogens with two attached hydrogens (primary N) is 1. The first-order valence-corrected chi connectivity index (χ1v) is 7.60. The summed E-state index contributed by atoms with van der Waals surface area (Å²) in [6, 6.07) is 0.218. The maximum atomic E-state index is 6.14. The van der Waals surface area contributed by atoms with Crippen molar-refractivity contribution in [2.24, 2.45) is 17.6 Å². The van der Waals surface area contributed by atoms with E-state index in [-0.39, 0.29) is 12.1 Å². The van der Waals surface area contributed by atoms with Crippen LogP contribution in [0.3, 0.4) is 0 Å². The van der Waals surface area contributed by atoms with Crippen LogP contribution in [-0.2, 0) is 9.47 Å². The van der Waals surface area contributed by atoms with Crippen LogP contribution in [0, 0.1) is 11.8 Å². The summed E-state index contributed by atoms with van der Waals surface area (Å²) < 4.78 is 11.4. The van der Waals surface area contributed by atoms with Gasteiger partial charge in [-0.15, -0.1) is 0 Å². The van der Waals surface area contributed by atoms with Crippen molar-refractivity contribution in [2.45, 2.75) is 65.0 Å². The third kappa shape index (κ3) is 5.68. The number of ether oxygens (including phenoxy) is 2. The first-order chi connectivity index (χ1) is 8.65. The van der Waals surface area contributed by atoms with E-state index in [2.05, 4.69) is 20.8 Å². The largest absolute Gasteiger partial charge is 0.379 e. The van der Waals surface area contributed by atoms with Crippen LogP contribution >= 0.6 is 0 Å². The molecule has 2 N–H and O–H groups in total. The Balaban J connectivity index is 2.15. The third-order valence-corrected chi connectivity index (χ3v) is 4.03. The zero-order valence-electron chi connectivity index (χ0n) is 12.4. The first kappa shape index (κ1) is 15.9. The highest BCUT2D eigenvalue weighted by atomic mass is 16.5. The van der Waals surface area contributed by atoms with Crippen LogP contribution in [0.4, 0.5) is 0 Å². The topological polar surface area (TPSA) is 44.5 Å². The van der Waals surface area contributed by atoms with Crippen LogP contribution in [0.5, 0.6) is 0 Å². The summed E-state index contributed by atoms with van der Waals surface area (Å²) in [5.41, 5.74) is 6.14. The van der Waals surface area contributed by atoms with Crippen molar-refractivity contribution >= 4 is 0 Å². The molecule has 3 atom stereocenters. The Hall–Kier alpha value is -0.120. The van der Waals surface area contributed by atoms with E-state index in [9.17, 15) is 0 Å². The molecule has 0 aliphatic heterocycles. The van der Waals surface area contributed by atoms with E-state index in [1.54, 1.807) is 0 Å². The molecule has 0 amide bonds. The normalized spacial score (nSPS) is 28.8. The molecule has 1 aliphatic rings. The molecule has 18 heavy (non-hydrogen) atoms. The second-order valence-electron chi connectivity index (χ2n) is 5.86.